The molecule has 0 N–H and O–H groups in total. The first-order valence-corrected chi connectivity index (χ1v) is 5.92. The van der Waals surface area contributed by atoms with Crippen LogP contribution in [0.2, 0.25) is 0 Å². The van der Waals surface area contributed by atoms with Crippen molar-refractivity contribution >= 4 is 5.97 Å². The summed E-state index contributed by atoms with van der Waals surface area (Å²) in [5, 5.41) is 0. The minimum absolute atomic E-state index is 0.0905. The van der Waals surface area contributed by atoms with Crippen LogP contribution in [0, 0.1) is 11.8 Å². The van der Waals surface area contributed by atoms with Crippen molar-refractivity contribution in [1.29, 1.82) is 0 Å². The Labute approximate surface area is 93.4 Å². The molecular weight excluding hydrogens is 188 g/mol. The van der Waals surface area contributed by atoms with Crippen molar-refractivity contribution in [3.8, 4) is 11.8 Å². The maximum Gasteiger partial charge on any atom is 0.305 e. The quantitative estimate of drug-likeness (QED) is 0.366. The zero-order valence-electron chi connectivity index (χ0n) is 9.97. The van der Waals surface area contributed by atoms with Crippen LogP contribution in [0.1, 0.15) is 58.8 Å². The predicted octanol–water partition coefficient (Wildman–Crippen LogP) is 3.30. The second-order valence-corrected chi connectivity index (χ2v) is 3.53. The van der Waals surface area contributed by atoms with Crippen LogP contribution in [0.25, 0.3) is 0 Å². The van der Waals surface area contributed by atoms with Crippen molar-refractivity contribution in [2.45, 2.75) is 58.8 Å². The van der Waals surface area contributed by atoms with E-state index in [1.54, 1.807) is 0 Å². The molecule has 0 aromatic rings. The van der Waals surface area contributed by atoms with E-state index < -0.39 is 0 Å². The molecule has 0 amide bonds. The third-order valence-corrected chi connectivity index (χ3v) is 2.00. The third-order valence-electron chi connectivity index (χ3n) is 2.00. The Morgan fingerprint density at radius 2 is 1.73 bits per heavy atom. The summed E-state index contributed by atoms with van der Waals surface area (Å²) in [6.07, 6.45) is 6.46. The molecule has 0 aromatic carbocycles. The molecule has 0 aliphatic carbocycles. The van der Waals surface area contributed by atoms with E-state index in [9.17, 15) is 4.79 Å². The first-order valence-electron chi connectivity index (χ1n) is 5.92. The van der Waals surface area contributed by atoms with Gasteiger partial charge in [-0.15, -0.1) is 5.92 Å². The molecule has 2 heteroatoms. The Balaban J connectivity index is 3.28. The van der Waals surface area contributed by atoms with Gasteiger partial charge >= 0.3 is 5.97 Å². The van der Waals surface area contributed by atoms with Crippen LogP contribution in [0.4, 0.5) is 0 Å². The van der Waals surface area contributed by atoms with Gasteiger partial charge in [-0.3, -0.25) is 4.79 Å². The zero-order valence-corrected chi connectivity index (χ0v) is 9.97. The van der Waals surface area contributed by atoms with Gasteiger partial charge in [-0.05, 0) is 12.8 Å². The van der Waals surface area contributed by atoms with Crippen molar-refractivity contribution in [2.75, 3.05) is 6.61 Å². The molecule has 0 aliphatic rings. The average molecular weight is 210 g/mol. The van der Waals surface area contributed by atoms with Gasteiger partial charge in [0, 0.05) is 19.3 Å². The summed E-state index contributed by atoms with van der Waals surface area (Å²) in [5.41, 5.74) is 0. The van der Waals surface area contributed by atoms with E-state index in [0.717, 1.165) is 25.7 Å². The number of unbranched alkanes of at least 4 members (excludes halogenated alkanes) is 3. The van der Waals surface area contributed by atoms with Crippen LogP contribution in [0.15, 0.2) is 0 Å². The Hall–Kier alpha value is -0.970. The van der Waals surface area contributed by atoms with E-state index in [0.29, 0.717) is 19.4 Å². The minimum Gasteiger partial charge on any atom is -0.465 e. The SMILES string of the molecule is CCCCC#CCCOC(=O)CCCC. The van der Waals surface area contributed by atoms with Gasteiger partial charge in [-0.2, -0.15) is 0 Å². The van der Waals surface area contributed by atoms with E-state index >= 15 is 0 Å². The average Bonchev–Trinajstić information content (AvgIpc) is 2.25. The summed E-state index contributed by atoms with van der Waals surface area (Å²) in [6, 6.07) is 0. The molecule has 0 heterocycles. The largest absolute Gasteiger partial charge is 0.465 e. The fourth-order valence-corrected chi connectivity index (χ4v) is 1.05. The van der Waals surface area contributed by atoms with Gasteiger partial charge in [0.2, 0.25) is 0 Å². The number of ether oxygens (including phenoxy) is 1. The molecule has 0 radical (unpaired) electrons. The topological polar surface area (TPSA) is 26.3 Å². The highest BCUT2D eigenvalue weighted by Crippen LogP contribution is 1.97. The van der Waals surface area contributed by atoms with Crippen molar-refractivity contribution in [2.24, 2.45) is 0 Å². The van der Waals surface area contributed by atoms with E-state index in [2.05, 4.69) is 25.7 Å². The standard InChI is InChI=1S/C13H22O2/c1-3-5-7-8-9-10-12-15-13(14)11-6-4-2/h3-7,10-12H2,1-2H3. The first-order chi connectivity index (χ1) is 7.31. The highest BCUT2D eigenvalue weighted by Gasteiger charge is 1.99. The molecule has 15 heavy (non-hydrogen) atoms. The lowest BCUT2D eigenvalue weighted by Crippen LogP contribution is -2.04. The molecule has 0 aliphatic heterocycles. The number of hydrogen-bond donors (Lipinski definition) is 0. The molecule has 0 saturated carbocycles. The molecule has 0 saturated heterocycles. The van der Waals surface area contributed by atoms with Gasteiger partial charge in [0.05, 0.1) is 0 Å². The number of carbonyl (C=O) groups is 1. The second-order valence-electron chi connectivity index (χ2n) is 3.53. The Morgan fingerprint density at radius 3 is 2.40 bits per heavy atom. The smallest absolute Gasteiger partial charge is 0.305 e. The van der Waals surface area contributed by atoms with E-state index in [1.165, 1.54) is 6.42 Å². The summed E-state index contributed by atoms with van der Waals surface area (Å²) < 4.78 is 5.01. The molecule has 0 rings (SSSR count). The zero-order chi connectivity index (χ0) is 11.4. The van der Waals surface area contributed by atoms with Crippen LogP contribution in [-0.2, 0) is 9.53 Å². The van der Waals surface area contributed by atoms with E-state index in [1.807, 2.05) is 0 Å². The molecule has 0 atom stereocenters. The van der Waals surface area contributed by atoms with Crippen LogP contribution < -0.4 is 0 Å². The predicted molar refractivity (Wildman–Crippen MR) is 62.4 cm³/mol. The molecule has 0 fully saturated rings. The van der Waals surface area contributed by atoms with E-state index in [-0.39, 0.29) is 5.97 Å². The monoisotopic (exact) mass is 210 g/mol. The summed E-state index contributed by atoms with van der Waals surface area (Å²) >= 11 is 0. The molecule has 0 unspecified atom stereocenters. The van der Waals surface area contributed by atoms with Gasteiger partial charge in [0.25, 0.3) is 0 Å². The van der Waals surface area contributed by atoms with Crippen LogP contribution >= 0.6 is 0 Å². The van der Waals surface area contributed by atoms with Crippen LogP contribution in [0.3, 0.4) is 0 Å². The molecular formula is C13H22O2. The molecule has 0 spiro atoms. The van der Waals surface area contributed by atoms with Gasteiger partial charge in [-0.1, -0.05) is 32.6 Å². The maximum atomic E-state index is 11.1. The van der Waals surface area contributed by atoms with Gasteiger partial charge < -0.3 is 4.74 Å². The van der Waals surface area contributed by atoms with Crippen molar-refractivity contribution in [1.82, 2.24) is 0 Å². The van der Waals surface area contributed by atoms with Gasteiger partial charge in [0.1, 0.15) is 6.61 Å². The van der Waals surface area contributed by atoms with Crippen molar-refractivity contribution < 1.29 is 9.53 Å². The number of carbonyl (C=O) groups excluding carboxylic acids is 1. The first kappa shape index (κ1) is 14.0. The van der Waals surface area contributed by atoms with Crippen molar-refractivity contribution in [3.63, 3.8) is 0 Å². The molecule has 0 bridgehead atoms. The summed E-state index contributed by atoms with van der Waals surface area (Å²) in [5.74, 6) is 5.98. The second kappa shape index (κ2) is 11.1. The summed E-state index contributed by atoms with van der Waals surface area (Å²) in [7, 11) is 0. The number of rotatable bonds is 7. The third kappa shape index (κ3) is 11.0. The maximum absolute atomic E-state index is 11.1. The Morgan fingerprint density at radius 1 is 1.07 bits per heavy atom. The lowest BCUT2D eigenvalue weighted by atomic mass is 10.2. The normalized spacial score (nSPS) is 9.20. The minimum atomic E-state index is -0.0905. The highest BCUT2D eigenvalue weighted by atomic mass is 16.5. The van der Waals surface area contributed by atoms with Gasteiger partial charge in [0.15, 0.2) is 0 Å². The summed E-state index contributed by atoms with van der Waals surface area (Å²) in [4.78, 5) is 11.1. The number of esters is 1. The van der Waals surface area contributed by atoms with Gasteiger partial charge in [-0.25, -0.2) is 0 Å². The number of hydrogen-bond acceptors (Lipinski definition) is 2. The fourth-order valence-electron chi connectivity index (χ4n) is 1.05. The lowest BCUT2D eigenvalue weighted by molar-refractivity contribution is -0.143. The lowest BCUT2D eigenvalue weighted by Gasteiger charge is -2.00. The van der Waals surface area contributed by atoms with Crippen molar-refractivity contribution in [3.05, 3.63) is 0 Å². The Kier molecular flexibility index (Phi) is 10.4. The molecule has 2 nitrogen and oxygen atoms in total. The fraction of sp³-hybridized carbons (Fsp3) is 0.769. The molecule has 86 valence electrons. The van der Waals surface area contributed by atoms with E-state index in [4.69, 9.17) is 4.74 Å². The Bertz CT molecular complexity index is 210. The summed E-state index contributed by atoms with van der Waals surface area (Å²) in [6.45, 7) is 4.66. The van der Waals surface area contributed by atoms with Crippen LogP contribution in [0.5, 0.6) is 0 Å². The van der Waals surface area contributed by atoms with Crippen LogP contribution in [-0.4, -0.2) is 12.6 Å². The molecule has 0 aromatic heterocycles. The highest BCUT2D eigenvalue weighted by molar-refractivity contribution is 5.69.